The highest BCUT2D eigenvalue weighted by Crippen LogP contribution is 2.40. The Kier molecular flexibility index (Phi) is 17.7. The number of ether oxygens (including phenoxy) is 4. The van der Waals surface area contributed by atoms with E-state index in [-0.39, 0.29) is 30.4 Å². The maximum Gasteiger partial charge on any atom is 0.407 e. The summed E-state index contributed by atoms with van der Waals surface area (Å²) in [5, 5.41) is 35.2. The molecule has 0 spiro atoms. The fourth-order valence-electron chi connectivity index (χ4n) is 8.14. The van der Waals surface area contributed by atoms with E-state index in [0.29, 0.717) is 51.4 Å². The first-order valence-corrected chi connectivity index (χ1v) is 23.8. The minimum Gasteiger partial charge on any atom is -0.508 e. The highest BCUT2D eigenvalue weighted by atomic mass is 16.6. The van der Waals surface area contributed by atoms with Gasteiger partial charge in [0.05, 0.1) is 60.2 Å². The number of phenols is 1. The summed E-state index contributed by atoms with van der Waals surface area (Å²) in [6.07, 6.45) is 18.5. The summed E-state index contributed by atoms with van der Waals surface area (Å²) in [4.78, 5) is 18.7. The lowest BCUT2D eigenvalue weighted by atomic mass is 9.80. The van der Waals surface area contributed by atoms with Crippen molar-refractivity contribution < 1.29 is 33.7 Å². The van der Waals surface area contributed by atoms with Crippen LogP contribution in [0.3, 0.4) is 0 Å². The van der Waals surface area contributed by atoms with Gasteiger partial charge in [-0.15, -0.1) is 10.2 Å². The second-order valence-corrected chi connectivity index (χ2v) is 19.8. The zero-order chi connectivity index (χ0) is 47.9. The molecule has 2 aliphatic carbocycles. The lowest BCUT2D eigenvalue weighted by Gasteiger charge is -2.36. The third-order valence-corrected chi connectivity index (χ3v) is 12.4. The molecule has 0 fully saturated rings. The molecule has 15 nitrogen and oxygen atoms in total. The van der Waals surface area contributed by atoms with Crippen LogP contribution in [0.1, 0.15) is 140 Å². The topological polar surface area (TPSA) is 169 Å². The second-order valence-electron chi connectivity index (χ2n) is 19.8. The van der Waals surface area contributed by atoms with Gasteiger partial charge in [-0.3, -0.25) is 0 Å². The number of aromatic nitrogens is 6. The second kappa shape index (κ2) is 23.4. The average Bonchev–Trinajstić information content (AvgIpc) is 4.04. The van der Waals surface area contributed by atoms with E-state index < -0.39 is 22.9 Å². The molecule has 0 saturated heterocycles. The van der Waals surface area contributed by atoms with Crippen LogP contribution in [-0.4, -0.2) is 90.1 Å². The van der Waals surface area contributed by atoms with Crippen LogP contribution in [-0.2, 0) is 55.5 Å². The molecule has 1 amide bonds. The van der Waals surface area contributed by atoms with Gasteiger partial charge >= 0.3 is 6.09 Å². The van der Waals surface area contributed by atoms with E-state index in [4.69, 9.17) is 34.1 Å². The van der Waals surface area contributed by atoms with Gasteiger partial charge in [-0.2, -0.15) is 0 Å². The molecular formula is C52H72N8O7. The molecule has 15 heteroatoms. The fourth-order valence-corrected chi connectivity index (χ4v) is 8.14. The number of nitrogens with one attached hydrogen (secondary N) is 1. The maximum absolute atomic E-state index is 12.8. The number of benzene rings is 2. The van der Waals surface area contributed by atoms with Crippen molar-refractivity contribution in [2.24, 2.45) is 5.16 Å². The summed E-state index contributed by atoms with van der Waals surface area (Å²) < 4.78 is 28.4. The third kappa shape index (κ3) is 15.4. The highest BCUT2D eigenvalue weighted by molar-refractivity contribution is 6.06. The van der Waals surface area contributed by atoms with Crippen molar-refractivity contribution in [3.8, 4) is 5.75 Å². The molecule has 1 unspecified atom stereocenters. The number of aromatic hydroxyl groups is 1. The summed E-state index contributed by atoms with van der Waals surface area (Å²) >= 11 is 0. The van der Waals surface area contributed by atoms with Crippen molar-refractivity contribution in [1.82, 2.24) is 35.3 Å². The summed E-state index contributed by atoms with van der Waals surface area (Å²) in [7, 11) is 0. The molecule has 6 rings (SSSR count). The highest BCUT2D eigenvalue weighted by Gasteiger charge is 2.39. The number of nitrogens with zero attached hydrogens (tertiary/aromatic N) is 7. The van der Waals surface area contributed by atoms with Crippen LogP contribution in [0.2, 0.25) is 0 Å². The van der Waals surface area contributed by atoms with Crippen molar-refractivity contribution in [3.05, 3.63) is 113 Å². The molecule has 0 aliphatic heterocycles. The number of allylic oxidation sites excluding steroid dienone is 4. The Morgan fingerprint density at radius 1 is 0.821 bits per heavy atom. The molecule has 4 aromatic rings. The van der Waals surface area contributed by atoms with Crippen LogP contribution in [0, 0.1) is 0 Å². The Morgan fingerprint density at radius 2 is 1.57 bits per heavy atom. The number of alkyl carbamates (subject to hydrolysis) is 1. The fraction of sp³-hybridized carbons (Fsp3) is 0.538. The van der Waals surface area contributed by atoms with Crippen LogP contribution in [0.15, 0.2) is 84.1 Å². The number of oxime groups is 1. The monoisotopic (exact) mass is 921 g/mol. The van der Waals surface area contributed by atoms with Gasteiger partial charge in [0.2, 0.25) is 0 Å². The van der Waals surface area contributed by atoms with Gasteiger partial charge in [0.1, 0.15) is 29.4 Å². The number of carbonyl (C=O) groups excluding carboxylic acids is 1. The Hall–Kier alpha value is -5.64. The molecular weight excluding hydrogens is 849 g/mol. The van der Waals surface area contributed by atoms with E-state index in [2.05, 4.69) is 53.2 Å². The maximum atomic E-state index is 12.8. The molecule has 2 aromatic heterocycles. The van der Waals surface area contributed by atoms with Crippen LogP contribution >= 0.6 is 0 Å². The summed E-state index contributed by atoms with van der Waals surface area (Å²) in [6, 6.07) is 16.8. The number of hydrogen-bond donors (Lipinski definition) is 2. The molecule has 0 radical (unpaired) electrons. The number of rotatable bonds is 24. The van der Waals surface area contributed by atoms with Crippen LogP contribution in [0.5, 0.6) is 5.75 Å². The molecule has 2 N–H and O–H groups in total. The quantitative estimate of drug-likeness (QED) is 0.0642. The first kappa shape index (κ1) is 50.8. The molecule has 0 bridgehead atoms. The Balaban J connectivity index is 0.951. The lowest BCUT2D eigenvalue weighted by Crippen LogP contribution is -2.37. The van der Waals surface area contributed by atoms with Crippen molar-refractivity contribution >= 4 is 24.0 Å². The predicted molar refractivity (Wildman–Crippen MR) is 260 cm³/mol. The van der Waals surface area contributed by atoms with Crippen LogP contribution in [0.4, 0.5) is 4.79 Å². The Labute approximate surface area is 396 Å². The number of phenolic OH excluding ortho intramolecular Hbond substituents is 1. The van der Waals surface area contributed by atoms with Gasteiger partial charge in [-0.1, -0.05) is 89.1 Å². The zero-order valence-corrected chi connectivity index (χ0v) is 40.9. The smallest absolute Gasteiger partial charge is 0.407 e. The van der Waals surface area contributed by atoms with E-state index in [1.165, 1.54) is 5.69 Å². The van der Waals surface area contributed by atoms with Crippen molar-refractivity contribution in [1.29, 1.82) is 0 Å². The molecule has 0 saturated carbocycles. The molecule has 2 heterocycles. The van der Waals surface area contributed by atoms with Crippen LogP contribution in [0.25, 0.3) is 12.2 Å². The van der Waals surface area contributed by atoms with E-state index in [1.54, 1.807) is 16.8 Å². The van der Waals surface area contributed by atoms with Gasteiger partial charge in [0.15, 0.2) is 0 Å². The summed E-state index contributed by atoms with van der Waals surface area (Å²) in [5.41, 5.74) is 4.64. The van der Waals surface area contributed by atoms with E-state index >= 15 is 0 Å². The summed E-state index contributed by atoms with van der Waals surface area (Å²) in [6.45, 7) is 19.3. The lowest BCUT2D eigenvalue weighted by molar-refractivity contribution is -0.0818. The number of amides is 1. The van der Waals surface area contributed by atoms with Crippen molar-refractivity contribution in [2.75, 3.05) is 26.4 Å². The molecule has 362 valence electrons. The molecule has 1 atom stereocenters. The van der Waals surface area contributed by atoms with Gasteiger partial charge in [0.25, 0.3) is 0 Å². The van der Waals surface area contributed by atoms with E-state index in [9.17, 15) is 9.90 Å². The number of hydrogen-bond acceptors (Lipinski definition) is 12. The van der Waals surface area contributed by atoms with Crippen LogP contribution < -0.4 is 5.32 Å². The van der Waals surface area contributed by atoms with Crippen molar-refractivity contribution in [2.45, 2.75) is 155 Å². The average molecular weight is 921 g/mol. The Morgan fingerprint density at radius 3 is 2.33 bits per heavy atom. The molecule has 2 aromatic carbocycles. The molecule has 67 heavy (non-hydrogen) atoms. The largest absolute Gasteiger partial charge is 0.508 e. The van der Waals surface area contributed by atoms with Gasteiger partial charge in [0, 0.05) is 25.5 Å². The minimum absolute atomic E-state index is 0.0996. The number of fused-ring (bicyclic) bond motifs is 1. The standard InChI is InChI=1S/C52H72N8O7/c1-49(2,60-46-22-14-10-13-21-43(47(46)55-58-60)52(7,8)66-35-31-51(5,6)67-56-41-19-15-16-20-41)30-34-65-50(3,4)29-32-53-48(62)64-36-33-59-45(28-25-39-17-11-9-12-18-39)44(54-57-59)38-63-37-40-23-26-42(61)27-24-40/h9,11-12,15-20,23-28,43,61H,10,13-14,21-22,29-38H2,1-8H3,(H,53,62)/b28-25+. The molecule has 2 aliphatic rings. The first-order chi connectivity index (χ1) is 32.0. The predicted octanol–water partition coefficient (Wildman–Crippen LogP) is 9.86. The minimum atomic E-state index is -0.510. The van der Waals surface area contributed by atoms with Gasteiger partial charge < -0.3 is 34.2 Å². The zero-order valence-electron chi connectivity index (χ0n) is 40.9. The summed E-state index contributed by atoms with van der Waals surface area (Å²) in [5.74, 6) is 0.305. The van der Waals surface area contributed by atoms with Gasteiger partial charge in [-0.05, 0) is 129 Å². The number of carbonyl (C=O) groups is 1. The van der Waals surface area contributed by atoms with E-state index in [0.717, 1.165) is 66.8 Å². The SMILES string of the molecule is CC(C)(CCNC(=O)OCCn1nnc(COCc2ccc(O)cc2)c1/C=C/c1ccccc1)OCCC(C)(C)n1nnc2c1CCCCCC2C(C)(C)OCCC(C)(C)ON=C1C=CC=C1. The first-order valence-electron chi connectivity index (χ1n) is 23.8. The normalized spacial score (nSPS) is 15.7. The van der Waals surface area contributed by atoms with Gasteiger partial charge in [-0.25, -0.2) is 14.2 Å². The Bertz CT molecular complexity index is 2290. The van der Waals surface area contributed by atoms with Crippen molar-refractivity contribution in [3.63, 3.8) is 0 Å². The van der Waals surface area contributed by atoms with E-state index in [1.807, 2.05) is 107 Å². The third-order valence-electron chi connectivity index (χ3n) is 12.4.